The van der Waals surface area contributed by atoms with Gasteiger partial charge in [0.15, 0.2) is 0 Å². The average molecular weight is 247 g/mol. The lowest BCUT2D eigenvalue weighted by Crippen LogP contribution is -2.21. The number of furan rings is 1. The Kier molecular flexibility index (Phi) is 3.87. The zero-order valence-electron chi connectivity index (χ0n) is 11.5. The Hall–Kier alpha value is -1.55. The normalized spacial score (nSPS) is 11.4. The first-order valence-corrected chi connectivity index (χ1v) is 6.36. The molecule has 98 valence electrons. The summed E-state index contributed by atoms with van der Waals surface area (Å²) >= 11 is 0. The number of aromatic nitrogens is 2. The van der Waals surface area contributed by atoms with E-state index in [4.69, 9.17) is 4.42 Å². The predicted octanol–water partition coefficient (Wildman–Crippen LogP) is 2.64. The fraction of sp³-hybridized carbons (Fsp3) is 0.500. The second-order valence-electron chi connectivity index (χ2n) is 5.01. The molecule has 0 fully saturated rings. The largest absolute Gasteiger partial charge is 0.462 e. The summed E-state index contributed by atoms with van der Waals surface area (Å²) in [4.78, 5) is 0. The van der Waals surface area contributed by atoms with Gasteiger partial charge in [-0.3, -0.25) is 4.68 Å². The fourth-order valence-corrected chi connectivity index (χ4v) is 1.85. The summed E-state index contributed by atoms with van der Waals surface area (Å²) in [6, 6.07) is 4.55. The van der Waals surface area contributed by atoms with Crippen LogP contribution >= 0.6 is 0 Å². The molecule has 4 heteroatoms. The molecule has 4 nitrogen and oxygen atoms in total. The summed E-state index contributed by atoms with van der Waals surface area (Å²) in [6.45, 7) is 9.80. The molecule has 0 aliphatic rings. The Labute approximate surface area is 108 Å². The maximum atomic E-state index is 5.85. The Morgan fingerprint density at radius 1 is 1.39 bits per heavy atom. The average Bonchev–Trinajstić information content (AvgIpc) is 2.83. The van der Waals surface area contributed by atoms with E-state index in [0.717, 1.165) is 23.8 Å². The van der Waals surface area contributed by atoms with Gasteiger partial charge in [-0.25, -0.2) is 0 Å². The zero-order valence-corrected chi connectivity index (χ0v) is 11.5. The van der Waals surface area contributed by atoms with Crippen molar-refractivity contribution in [1.29, 1.82) is 0 Å². The molecule has 0 aliphatic heterocycles. The van der Waals surface area contributed by atoms with Gasteiger partial charge in [-0.1, -0.05) is 13.8 Å². The van der Waals surface area contributed by atoms with E-state index in [1.54, 1.807) is 0 Å². The van der Waals surface area contributed by atoms with Crippen LogP contribution in [0.15, 0.2) is 22.7 Å². The van der Waals surface area contributed by atoms with E-state index in [2.05, 4.69) is 37.3 Å². The van der Waals surface area contributed by atoms with E-state index in [1.165, 1.54) is 5.56 Å². The highest BCUT2D eigenvalue weighted by atomic mass is 16.3. The first-order chi connectivity index (χ1) is 8.54. The van der Waals surface area contributed by atoms with Crippen LogP contribution in [0.3, 0.4) is 0 Å². The quantitative estimate of drug-likeness (QED) is 0.883. The molecular weight excluding hydrogens is 226 g/mol. The Balaban J connectivity index is 2.04. The zero-order chi connectivity index (χ0) is 13.1. The molecule has 2 aromatic rings. The SMILES string of the molecule is Cc1ccn(Cc2cc(C)c(CNC(C)C)o2)n1. The summed E-state index contributed by atoms with van der Waals surface area (Å²) in [6.07, 6.45) is 1.97. The van der Waals surface area contributed by atoms with E-state index in [9.17, 15) is 0 Å². The van der Waals surface area contributed by atoms with Crippen molar-refractivity contribution in [2.24, 2.45) is 0 Å². The van der Waals surface area contributed by atoms with Crippen LogP contribution in [-0.4, -0.2) is 15.8 Å². The number of aryl methyl sites for hydroxylation is 2. The molecular formula is C14H21N3O. The predicted molar refractivity (Wildman–Crippen MR) is 71.5 cm³/mol. The minimum Gasteiger partial charge on any atom is -0.462 e. The van der Waals surface area contributed by atoms with Crippen LogP contribution in [-0.2, 0) is 13.1 Å². The number of nitrogens with zero attached hydrogens (tertiary/aromatic N) is 2. The van der Waals surface area contributed by atoms with Gasteiger partial charge < -0.3 is 9.73 Å². The number of nitrogens with one attached hydrogen (secondary N) is 1. The summed E-state index contributed by atoms with van der Waals surface area (Å²) in [5.74, 6) is 1.97. The molecule has 0 aromatic carbocycles. The van der Waals surface area contributed by atoms with E-state index >= 15 is 0 Å². The molecule has 0 atom stereocenters. The van der Waals surface area contributed by atoms with Crippen LogP contribution in [0.25, 0.3) is 0 Å². The van der Waals surface area contributed by atoms with Crippen molar-refractivity contribution in [3.63, 3.8) is 0 Å². The molecule has 0 aliphatic carbocycles. The summed E-state index contributed by atoms with van der Waals surface area (Å²) in [5.41, 5.74) is 2.22. The highest BCUT2D eigenvalue weighted by molar-refractivity contribution is 5.20. The first kappa shape index (κ1) is 12.9. The molecule has 0 radical (unpaired) electrons. The van der Waals surface area contributed by atoms with Crippen molar-refractivity contribution in [2.75, 3.05) is 0 Å². The molecule has 2 rings (SSSR count). The van der Waals surface area contributed by atoms with Crippen molar-refractivity contribution in [3.8, 4) is 0 Å². The molecule has 0 saturated carbocycles. The van der Waals surface area contributed by atoms with Gasteiger partial charge >= 0.3 is 0 Å². The maximum Gasteiger partial charge on any atom is 0.126 e. The van der Waals surface area contributed by atoms with Gasteiger partial charge in [0.05, 0.1) is 18.8 Å². The molecule has 0 unspecified atom stereocenters. The molecule has 2 heterocycles. The van der Waals surface area contributed by atoms with E-state index < -0.39 is 0 Å². The Morgan fingerprint density at radius 2 is 2.17 bits per heavy atom. The number of rotatable bonds is 5. The monoisotopic (exact) mass is 247 g/mol. The van der Waals surface area contributed by atoms with Gasteiger partial charge in [0.1, 0.15) is 11.5 Å². The van der Waals surface area contributed by atoms with Crippen LogP contribution in [0.1, 0.15) is 36.6 Å². The number of hydrogen-bond donors (Lipinski definition) is 1. The second kappa shape index (κ2) is 5.40. The molecule has 0 spiro atoms. The molecule has 1 N–H and O–H groups in total. The van der Waals surface area contributed by atoms with Crippen molar-refractivity contribution >= 4 is 0 Å². The highest BCUT2D eigenvalue weighted by Crippen LogP contribution is 2.15. The van der Waals surface area contributed by atoms with Gasteiger partial charge in [-0.15, -0.1) is 0 Å². The van der Waals surface area contributed by atoms with Gasteiger partial charge in [-0.05, 0) is 31.5 Å². The minimum atomic E-state index is 0.465. The van der Waals surface area contributed by atoms with E-state index in [-0.39, 0.29) is 0 Å². The lowest BCUT2D eigenvalue weighted by atomic mass is 10.2. The van der Waals surface area contributed by atoms with Crippen molar-refractivity contribution < 1.29 is 4.42 Å². The third-order valence-electron chi connectivity index (χ3n) is 2.83. The van der Waals surface area contributed by atoms with Gasteiger partial charge in [-0.2, -0.15) is 5.10 Å². The van der Waals surface area contributed by atoms with Crippen LogP contribution in [0, 0.1) is 13.8 Å². The lowest BCUT2D eigenvalue weighted by molar-refractivity contribution is 0.419. The standard InChI is InChI=1S/C14H21N3O/c1-10(2)15-8-14-11(3)7-13(18-14)9-17-6-5-12(4)16-17/h5-7,10,15H,8-9H2,1-4H3. The molecule has 18 heavy (non-hydrogen) atoms. The highest BCUT2D eigenvalue weighted by Gasteiger charge is 2.08. The van der Waals surface area contributed by atoms with Gasteiger partial charge in [0, 0.05) is 12.2 Å². The molecule has 0 amide bonds. The summed E-state index contributed by atoms with van der Waals surface area (Å²) < 4.78 is 7.75. The smallest absolute Gasteiger partial charge is 0.126 e. The molecule has 0 bridgehead atoms. The summed E-state index contributed by atoms with van der Waals surface area (Å²) in [5, 5.41) is 7.73. The van der Waals surface area contributed by atoms with Gasteiger partial charge in [0.25, 0.3) is 0 Å². The maximum absolute atomic E-state index is 5.85. The van der Waals surface area contributed by atoms with Gasteiger partial charge in [0.2, 0.25) is 0 Å². The first-order valence-electron chi connectivity index (χ1n) is 6.36. The van der Waals surface area contributed by atoms with Crippen molar-refractivity contribution in [2.45, 2.75) is 46.8 Å². The summed E-state index contributed by atoms with van der Waals surface area (Å²) in [7, 11) is 0. The topological polar surface area (TPSA) is 43.0 Å². The number of hydrogen-bond acceptors (Lipinski definition) is 3. The Morgan fingerprint density at radius 3 is 2.78 bits per heavy atom. The Bertz CT molecular complexity index is 511. The van der Waals surface area contributed by atoms with Crippen LogP contribution < -0.4 is 5.32 Å². The third-order valence-corrected chi connectivity index (χ3v) is 2.83. The minimum absolute atomic E-state index is 0.465. The van der Waals surface area contributed by atoms with Crippen LogP contribution in [0.2, 0.25) is 0 Å². The van der Waals surface area contributed by atoms with Crippen molar-refractivity contribution in [3.05, 3.63) is 41.1 Å². The molecule has 2 aromatic heterocycles. The lowest BCUT2D eigenvalue weighted by Gasteiger charge is -2.06. The third kappa shape index (κ3) is 3.23. The van der Waals surface area contributed by atoms with E-state index in [1.807, 2.05) is 23.9 Å². The molecule has 0 saturated heterocycles. The van der Waals surface area contributed by atoms with E-state index in [0.29, 0.717) is 12.6 Å². The van der Waals surface area contributed by atoms with Crippen molar-refractivity contribution in [1.82, 2.24) is 15.1 Å². The van der Waals surface area contributed by atoms with Crippen LogP contribution in [0.4, 0.5) is 0 Å². The second-order valence-corrected chi connectivity index (χ2v) is 5.01. The van der Waals surface area contributed by atoms with Crippen LogP contribution in [0.5, 0.6) is 0 Å². The fourth-order valence-electron chi connectivity index (χ4n) is 1.85.